The lowest BCUT2D eigenvalue weighted by atomic mass is 10.1. The molecular formula is C21H22N4O2. The van der Waals surface area contributed by atoms with Gasteiger partial charge in [-0.2, -0.15) is 0 Å². The van der Waals surface area contributed by atoms with Gasteiger partial charge in [0.05, 0.1) is 7.11 Å². The molecule has 1 aromatic heterocycles. The van der Waals surface area contributed by atoms with Gasteiger partial charge in [-0.3, -0.25) is 4.79 Å². The van der Waals surface area contributed by atoms with Gasteiger partial charge in [-0.1, -0.05) is 31.2 Å². The van der Waals surface area contributed by atoms with Crippen LogP contribution in [0.2, 0.25) is 0 Å². The molecule has 0 atom stereocenters. The van der Waals surface area contributed by atoms with Crippen molar-refractivity contribution >= 4 is 23.2 Å². The predicted octanol–water partition coefficient (Wildman–Crippen LogP) is 4.35. The molecule has 0 aliphatic carbocycles. The molecule has 0 unspecified atom stereocenters. The fraction of sp³-hybridized carbons (Fsp3) is 0.190. The Labute approximate surface area is 158 Å². The zero-order valence-electron chi connectivity index (χ0n) is 15.6. The third-order valence-electron chi connectivity index (χ3n) is 4.19. The van der Waals surface area contributed by atoms with Gasteiger partial charge in [-0.25, -0.2) is 9.97 Å². The number of aromatic nitrogens is 2. The van der Waals surface area contributed by atoms with Crippen LogP contribution in [0.25, 0.3) is 0 Å². The van der Waals surface area contributed by atoms with Crippen LogP contribution in [0.3, 0.4) is 0 Å². The number of nitrogens with zero attached hydrogens (tertiary/aromatic N) is 2. The first-order valence-electron chi connectivity index (χ1n) is 8.74. The minimum atomic E-state index is -0.268. The summed E-state index contributed by atoms with van der Waals surface area (Å²) < 4.78 is 5.21. The molecule has 27 heavy (non-hydrogen) atoms. The highest BCUT2D eigenvalue weighted by Gasteiger charge is 2.13. The molecule has 0 saturated heterocycles. The molecule has 138 valence electrons. The summed E-state index contributed by atoms with van der Waals surface area (Å²) in [6.07, 6.45) is 2.40. The quantitative estimate of drug-likeness (QED) is 0.682. The number of anilines is 3. The van der Waals surface area contributed by atoms with Crippen LogP contribution in [-0.4, -0.2) is 23.0 Å². The Hall–Kier alpha value is -3.41. The number of para-hydroxylation sites is 1. The molecule has 1 heterocycles. The van der Waals surface area contributed by atoms with E-state index >= 15 is 0 Å². The molecule has 0 fully saturated rings. The van der Waals surface area contributed by atoms with Gasteiger partial charge >= 0.3 is 0 Å². The van der Waals surface area contributed by atoms with Crippen molar-refractivity contribution in [3.63, 3.8) is 0 Å². The van der Waals surface area contributed by atoms with E-state index in [1.807, 2.05) is 49.4 Å². The summed E-state index contributed by atoms with van der Waals surface area (Å²) in [5.41, 5.74) is 4.02. The highest BCUT2D eigenvalue weighted by molar-refractivity contribution is 6.03. The molecule has 0 bridgehead atoms. The highest BCUT2D eigenvalue weighted by Crippen LogP contribution is 2.22. The second-order valence-corrected chi connectivity index (χ2v) is 6.04. The Bertz CT molecular complexity index is 956. The average Bonchev–Trinajstić information content (AvgIpc) is 2.69. The summed E-state index contributed by atoms with van der Waals surface area (Å²) in [7, 11) is 1.61. The number of methoxy groups -OCH3 is 1. The van der Waals surface area contributed by atoms with Crippen molar-refractivity contribution in [2.75, 3.05) is 17.7 Å². The molecule has 0 aliphatic rings. The van der Waals surface area contributed by atoms with Crippen molar-refractivity contribution in [3.05, 3.63) is 71.5 Å². The standard InChI is InChI=1S/C21H22N4O2/c1-4-15-8-5-7-14(2)19(15)25-20(26)18-11-12-22-21(24-18)23-16-9-6-10-17(13-16)27-3/h5-13H,4H2,1-3H3,(H,25,26)(H,22,23,24). The van der Waals surface area contributed by atoms with Crippen LogP contribution >= 0.6 is 0 Å². The Morgan fingerprint density at radius 1 is 1.15 bits per heavy atom. The second kappa shape index (κ2) is 8.31. The summed E-state index contributed by atoms with van der Waals surface area (Å²) in [4.78, 5) is 21.2. The summed E-state index contributed by atoms with van der Waals surface area (Å²) in [6, 6.07) is 15.0. The summed E-state index contributed by atoms with van der Waals surface area (Å²) in [5.74, 6) is 0.798. The molecule has 2 N–H and O–H groups in total. The minimum absolute atomic E-state index is 0.268. The molecule has 3 aromatic rings. The van der Waals surface area contributed by atoms with E-state index in [1.54, 1.807) is 19.4 Å². The van der Waals surface area contributed by atoms with Crippen molar-refractivity contribution in [1.29, 1.82) is 0 Å². The smallest absolute Gasteiger partial charge is 0.274 e. The van der Waals surface area contributed by atoms with Gasteiger partial charge in [0.1, 0.15) is 11.4 Å². The van der Waals surface area contributed by atoms with E-state index in [1.165, 1.54) is 0 Å². The van der Waals surface area contributed by atoms with Gasteiger partial charge < -0.3 is 15.4 Å². The van der Waals surface area contributed by atoms with Gasteiger partial charge in [0.15, 0.2) is 0 Å². The summed E-state index contributed by atoms with van der Waals surface area (Å²) in [5, 5.41) is 6.07. The molecule has 6 heteroatoms. The lowest BCUT2D eigenvalue weighted by Crippen LogP contribution is -2.16. The number of carbonyl (C=O) groups excluding carboxylic acids is 1. The number of ether oxygens (including phenoxy) is 1. The van der Waals surface area contributed by atoms with E-state index in [2.05, 4.69) is 27.5 Å². The lowest BCUT2D eigenvalue weighted by Gasteiger charge is -2.13. The van der Waals surface area contributed by atoms with Crippen LogP contribution < -0.4 is 15.4 Å². The van der Waals surface area contributed by atoms with Gasteiger partial charge in [0.25, 0.3) is 5.91 Å². The number of carbonyl (C=O) groups is 1. The Balaban J connectivity index is 1.80. The fourth-order valence-corrected chi connectivity index (χ4v) is 2.75. The third kappa shape index (κ3) is 4.41. The maximum atomic E-state index is 12.7. The SMILES string of the molecule is CCc1cccc(C)c1NC(=O)c1ccnc(Nc2cccc(OC)c2)n1. The van der Waals surface area contributed by atoms with Gasteiger partial charge in [0, 0.05) is 23.6 Å². The van der Waals surface area contributed by atoms with E-state index in [-0.39, 0.29) is 5.91 Å². The number of aryl methyl sites for hydroxylation is 2. The maximum absolute atomic E-state index is 12.7. The van der Waals surface area contributed by atoms with Crippen molar-refractivity contribution in [2.24, 2.45) is 0 Å². The molecule has 0 radical (unpaired) electrons. The van der Waals surface area contributed by atoms with Crippen LogP contribution in [0.4, 0.5) is 17.3 Å². The Morgan fingerprint density at radius 2 is 1.96 bits per heavy atom. The zero-order chi connectivity index (χ0) is 19.2. The monoisotopic (exact) mass is 362 g/mol. The number of hydrogen-bond donors (Lipinski definition) is 2. The van der Waals surface area contributed by atoms with Crippen LogP contribution in [0.15, 0.2) is 54.7 Å². The minimum Gasteiger partial charge on any atom is -0.497 e. The first kappa shape index (κ1) is 18.4. The molecule has 0 spiro atoms. The van der Waals surface area contributed by atoms with Crippen molar-refractivity contribution in [3.8, 4) is 5.75 Å². The fourth-order valence-electron chi connectivity index (χ4n) is 2.75. The molecule has 0 saturated carbocycles. The van der Waals surface area contributed by atoms with E-state index in [0.717, 1.165) is 34.7 Å². The number of nitrogens with one attached hydrogen (secondary N) is 2. The topological polar surface area (TPSA) is 76.1 Å². The predicted molar refractivity (Wildman–Crippen MR) is 107 cm³/mol. The van der Waals surface area contributed by atoms with Crippen LogP contribution in [0, 0.1) is 6.92 Å². The largest absolute Gasteiger partial charge is 0.497 e. The summed E-state index contributed by atoms with van der Waals surface area (Å²) in [6.45, 7) is 4.04. The maximum Gasteiger partial charge on any atom is 0.274 e. The first-order chi connectivity index (χ1) is 13.1. The van der Waals surface area contributed by atoms with Crippen LogP contribution in [-0.2, 0) is 6.42 Å². The van der Waals surface area contributed by atoms with E-state index < -0.39 is 0 Å². The second-order valence-electron chi connectivity index (χ2n) is 6.04. The van der Waals surface area contributed by atoms with Gasteiger partial charge in [0.2, 0.25) is 5.95 Å². The van der Waals surface area contributed by atoms with Crippen molar-refractivity contribution in [1.82, 2.24) is 9.97 Å². The Kier molecular flexibility index (Phi) is 5.66. The first-order valence-corrected chi connectivity index (χ1v) is 8.74. The van der Waals surface area contributed by atoms with E-state index in [9.17, 15) is 4.79 Å². The molecule has 0 aliphatic heterocycles. The van der Waals surface area contributed by atoms with E-state index in [4.69, 9.17) is 4.74 Å². The van der Waals surface area contributed by atoms with Crippen LogP contribution in [0.5, 0.6) is 5.75 Å². The third-order valence-corrected chi connectivity index (χ3v) is 4.19. The summed E-state index contributed by atoms with van der Waals surface area (Å²) >= 11 is 0. The number of hydrogen-bond acceptors (Lipinski definition) is 5. The molecule has 2 aromatic carbocycles. The normalized spacial score (nSPS) is 10.3. The molecular weight excluding hydrogens is 340 g/mol. The highest BCUT2D eigenvalue weighted by atomic mass is 16.5. The van der Waals surface area contributed by atoms with Crippen molar-refractivity contribution in [2.45, 2.75) is 20.3 Å². The van der Waals surface area contributed by atoms with Crippen LogP contribution in [0.1, 0.15) is 28.5 Å². The lowest BCUT2D eigenvalue weighted by molar-refractivity contribution is 0.102. The average molecular weight is 362 g/mol. The molecule has 6 nitrogen and oxygen atoms in total. The number of benzene rings is 2. The zero-order valence-corrected chi connectivity index (χ0v) is 15.6. The number of rotatable bonds is 6. The van der Waals surface area contributed by atoms with Gasteiger partial charge in [-0.05, 0) is 42.7 Å². The van der Waals surface area contributed by atoms with Gasteiger partial charge in [-0.15, -0.1) is 0 Å². The Morgan fingerprint density at radius 3 is 2.74 bits per heavy atom. The molecule has 1 amide bonds. The van der Waals surface area contributed by atoms with E-state index in [0.29, 0.717) is 11.6 Å². The number of amides is 1. The van der Waals surface area contributed by atoms with Crippen molar-refractivity contribution < 1.29 is 9.53 Å². The molecule has 3 rings (SSSR count).